The average Bonchev–Trinajstić information content (AvgIpc) is 3.01. The molecule has 7 atom stereocenters. The molecule has 0 nitrogen and oxygen atoms in total. The summed E-state index contributed by atoms with van der Waals surface area (Å²) in [6.07, 6.45) is 24.1. The second kappa shape index (κ2) is 8.64. The Kier molecular flexibility index (Phi) is 6.57. The molecule has 160 valence electrons. The Morgan fingerprint density at radius 3 is 2.54 bits per heavy atom. The number of allylic oxidation sites excluding steroid dienone is 2. The highest BCUT2D eigenvalue weighted by atomic mass is 35.5. The predicted octanol–water partition coefficient (Wildman–Crippen LogP) is 8.92. The fraction of sp³-hybridized carbons (Fsp3) is 0.926. The summed E-state index contributed by atoms with van der Waals surface area (Å²) in [4.78, 5) is 0. The molecule has 0 spiro atoms. The van der Waals surface area contributed by atoms with Crippen LogP contribution >= 0.6 is 11.6 Å². The van der Waals surface area contributed by atoms with Crippen LogP contribution in [0.1, 0.15) is 117 Å². The minimum absolute atomic E-state index is 0.401. The highest BCUT2D eigenvalue weighted by molar-refractivity contribution is 6.20. The quantitative estimate of drug-likeness (QED) is 0.225. The summed E-state index contributed by atoms with van der Waals surface area (Å²) in [5.74, 6) is 3.93. The Balaban J connectivity index is 1.39. The normalized spacial score (nSPS) is 45.1. The summed E-state index contributed by atoms with van der Waals surface area (Å²) in [7, 11) is 0. The summed E-state index contributed by atoms with van der Waals surface area (Å²) < 4.78 is 0. The van der Waals surface area contributed by atoms with Crippen LogP contribution in [0.15, 0.2) is 11.6 Å². The highest BCUT2D eigenvalue weighted by Crippen LogP contribution is 2.66. The maximum atomic E-state index is 6.55. The number of unbranched alkanes of at least 4 members (excludes halogenated alkanes) is 5. The molecule has 4 aliphatic rings. The van der Waals surface area contributed by atoms with E-state index in [2.05, 4.69) is 26.8 Å². The third kappa shape index (κ3) is 3.74. The molecule has 0 radical (unpaired) electrons. The van der Waals surface area contributed by atoms with Gasteiger partial charge in [0.05, 0.1) is 0 Å². The average molecular weight is 405 g/mol. The van der Waals surface area contributed by atoms with E-state index in [9.17, 15) is 0 Å². The van der Waals surface area contributed by atoms with E-state index in [0.29, 0.717) is 16.2 Å². The smallest absolute Gasteiger partial charge is 0.0373 e. The molecule has 0 aromatic carbocycles. The van der Waals surface area contributed by atoms with Crippen molar-refractivity contribution in [3.8, 4) is 0 Å². The van der Waals surface area contributed by atoms with Gasteiger partial charge >= 0.3 is 0 Å². The number of halogens is 1. The summed E-state index contributed by atoms with van der Waals surface area (Å²) in [5, 5.41) is 0.401. The standard InChI is InChI=1S/C27H45Cl/c1-4-5-6-7-8-9-10-20-12-14-24-23-13-11-21-19-22(28)15-17-27(21,3)25(23)16-18-26(20,24)2/h11,20,22-25H,4-10,12-19H2,1-3H3. The lowest BCUT2D eigenvalue weighted by Gasteiger charge is -2.58. The molecular weight excluding hydrogens is 360 g/mol. The Bertz CT molecular complexity index is 565. The van der Waals surface area contributed by atoms with E-state index >= 15 is 0 Å². The first-order chi connectivity index (χ1) is 13.5. The van der Waals surface area contributed by atoms with Crippen LogP contribution in [-0.2, 0) is 0 Å². The first kappa shape index (κ1) is 21.3. The van der Waals surface area contributed by atoms with Gasteiger partial charge in [-0.05, 0) is 92.3 Å². The van der Waals surface area contributed by atoms with Gasteiger partial charge in [-0.3, -0.25) is 0 Å². The molecule has 0 saturated heterocycles. The zero-order valence-corrected chi connectivity index (χ0v) is 19.7. The summed E-state index contributed by atoms with van der Waals surface area (Å²) in [5.41, 5.74) is 2.87. The molecule has 3 fully saturated rings. The molecule has 28 heavy (non-hydrogen) atoms. The molecule has 0 heterocycles. The molecule has 0 aromatic rings. The Morgan fingerprint density at radius 2 is 1.71 bits per heavy atom. The lowest BCUT2D eigenvalue weighted by molar-refractivity contribution is -0.0423. The molecule has 7 unspecified atom stereocenters. The van der Waals surface area contributed by atoms with Crippen LogP contribution in [0, 0.1) is 34.5 Å². The maximum Gasteiger partial charge on any atom is 0.0373 e. The van der Waals surface area contributed by atoms with Crippen molar-refractivity contribution < 1.29 is 0 Å². The van der Waals surface area contributed by atoms with E-state index in [-0.39, 0.29) is 0 Å². The molecular formula is C27H45Cl. The third-order valence-electron chi connectivity index (χ3n) is 10.1. The third-order valence-corrected chi connectivity index (χ3v) is 10.5. The van der Waals surface area contributed by atoms with Crippen LogP contribution in [0.2, 0.25) is 0 Å². The Morgan fingerprint density at radius 1 is 0.929 bits per heavy atom. The number of alkyl halides is 1. The molecule has 3 saturated carbocycles. The number of hydrogen-bond acceptors (Lipinski definition) is 0. The van der Waals surface area contributed by atoms with Gasteiger partial charge in [0.1, 0.15) is 0 Å². The van der Waals surface area contributed by atoms with Crippen molar-refractivity contribution in [3.05, 3.63) is 11.6 Å². The van der Waals surface area contributed by atoms with Crippen LogP contribution in [0.4, 0.5) is 0 Å². The fourth-order valence-electron chi connectivity index (χ4n) is 8.37. The van der Waals surface area contributed by atoms with Crippen molar-refractivity contribution >= 4 is 11.6 Å². The highest BCUT2D eigenvalue weighted by Gasteiger charge is 2.58. The van der Waals surface area contributed by atoms with E-state index in [1.165, 1.54) is 96.3 Å². The molecule has 4 aliphatic carbocycles. The zero-order valence-electron chi connectivity index (χ0n) is 18.9. The Labute approximate surface area is 180 Å². The van der Waals surface area contributed by atoms with Gasteiger partial charge in [0.2, 0.25) is 0 Å². The minimum Gasteiger partial charge on any atom is -0.123 e. The second-order valence-corrected chi connectivity index (χ2v) is 12.1. The largest absolute Gasteiger partial charge is 0.123 e. The number of fused-ring (bicyclic) bond motifs is 5. The van der Waals surface area contributed by atoms with E-state index in [1.807, 2.05) is 0 Å². The van der Waals surface area contributed by atoms with Gasteiger partial charge in [-0.25, -0.2) is 0 Å². The molecule has 0 aromatic heterocycles. The first-order valence-electron chi connectivity index (χ1n) is 12.8. The van der Waals surface area contributed by atoms with Crippen molar-refractivity contribution in [1.82, 2.24) is 0 Å². The summed E-state index contributed by atoms with van der Waals surface area (Å²) >= 11 is 6.55. The molecule has 0 N–H and O–H groups in total. The molecule has 4 rings (SSSR count). The second-order valence-electron chi connectivity index (χ2n) is 11.5. The SMILES string of the molecule is CCCCCCCCC1CCC2C3CC=C4CC(Cl)CCC4(C)C3CCC12C. The lowest BCUT2D eigenvalue weighted by Crippen LogP contribution is -2.50. The van der Waals surface area contributed by atoms with Crippen molar-refractivity contribution in [3.63, 3.8) is 0 Å². The Hall–Kier alpha value is 0.0300. The predicted molar refractivity (Wildman–Crippen MR) is 123 cm³/mol. The summed E-state index contributed by atoms with van der Waals surface area (Å²) in [6.45, 7) is 7.64. The van der Waals surface area contributed by atoms with Crippen molar-refractivity contribution in [2.75, 3.05) is 0 Å². The van der Waals surface area contributed by atoms with Gasteiger partial charge < -0.3 is 0 Å². The number of hydrogen-bond donors (Lipinski definition) is 0. The van der Waals surface area contributed by atoms with Crippen molar-refractivity contribution in [1.29, 1.82) is 0 Å². The summed E-state index contributed by atoms with van der Waals surface area (Å²) in [6, 6.07) is 0. The van der Waals surface area contributed by atoms with Crippen molar-refractivity contribution in [2.24, 2.45) is 34.5 Å². The number of rotatable bonds is 7. The van der Waals surface area contributed by atoms with Gasteiger partial charge in [-0.1, -0.05) is 70.9 Å². The molecule has 0 bridgehead atoms. The maximum absolute atomic E-state index is 6.55. The van der Waals surface area contributed by atoms with Crippen molar-refractivity contribution in [2.45, 2.75) is 122 Å². The first-order valence-corrected chi connectivity index (χ1v) is 13.3. The minimum atomic E-state index is 0.401. The molecule has 0 aliphatic heterocycles. The van der Waals surface area contributed by atoms with E-state index in [1.54, 1.807) is 5.57 Å². The van der Waals surface area contributed by atoms with Gasteiger partial charge in [0, 0.05) is 5.38 Å². The van der Waals surface area contributed by atoms with Crippen LogP contribution in [0.5, 0.6) is 0 Å². The topological polar surface area (TPSA) is 0 Å². The monoisotopic (exact) mass is 404 g/mol. The fourth-order valence-corrected chi connectivity index (χ4v) is 8.65. The van der Waals surface area contributed by atoms with Gasteiger partial charge in [-0.2, -0.15) is 0 Å². The van der Waals surface area contributed by atoms with Gasteiger partial charge in [0.25, 0.3) is 0 Å². The van der Waals surface area contributed by atoms with Crippen LogP contribution in [0.25, 0.3) is 0 Å². The lowest BCUT2D eigenvalue weighted by atomic mass is 9.47. The van der Waals surface area contributed by atoms with Crippen LogP contribution in [0.3, 0.4) is 0 Å². The van der Waals surface area contributed by atoms with E-state index in [0.717, 1.165) is 23.7 Å². The van der Waals surface area contributed by atoms with Gasteiger partial charge in [-0.15, -0.1) is 11.6 Å². The van der Waals surface area contributed by atoms with Crippen LogP contribution in [-0.4, -0.2) is 5.38 Å². The van der Waals surface area contributed by atoms with E-state index < -0.39 is 0 Å². The molecule has 0 amide bonds. The molecule has 1 heteroatoms. The van der Waals surface area contributed by atoms with E-state index in [4.69, 9.17) is 11.6 Å². The zero-order chi connectivity index (χ0) is 19.8. The van der Waals surface area contributed by atoms with Crippen LogP contribution < -0.4 is 0 Å². The van der Waals surface area contributed by atoms with Gasteiger partial charge in [0.15, 0.2) is 0 Å².